The van der Waals surface area contributed by atoms with Crippen LogP contribution in [0.1, 0.15) is 61.2 Å². The zero-order valence-corrected chi connectivity index (χ0v) is 15.3. The van der Waals surface area contributed by atoms with E-state index in [0.717, 1.165) is 36.0 Å². The predicted octanol–water partition coefficient (Wildman–Crippen LogP) is 3.10. The van der Waals surface area contributed by atoms with Crippen molar-refractivity contribution in [1.82, 2.24) is 15.3 Å². The predicted molar refractivity (Wildman–Crippen MR) is 100 cm³/mol. The highest BCUT2D eigenvalue weighted by Gasteiger charge is 2.20. The average Bonchev–Trinajstić information content (AvgIpc) is 3.25. The number of carbonyl (C=O) groups is 1. The summed E-state index contributed by atoms with van der Waals surface area (Å²) in [5.41, 5.74) is 1.17. The largest absolute Gasteiger partial charge is 0.356 e. The molecule has 0 radical (unpaired) electrons. The first kappa shape index (κ1) is 16.8. The molecule has 2 aromatic heterocycles. The van der Waals surface area contributed by atoms with Gasteiger partial charge in [-0.2, -0.15) is 0 Å². The van der Waals surface area contributed by atoms with Crippen LogP contribution in [0, 0.1) is 5.92 Å². The smallest absolute Gasteiger partial charge is 0.259 e. The standard InChI is InChI=1S/C19H25N3O2S/c23-16(20-11-12-5-1-2-6-12)10-9-15-21-18(24)17-13-7-3-4-8-14(13)25-19(17)22-15/h12H,1-11H2,(H,20,23)(H,21,22,24). The van der Waals surface area contributed by atoms with Crippen molar-refractivity contribution in [3.05, 3.63) is 26.6 Å². The summed E-state index contributed by atoms with van der Waals surface area (Å²) in [4.78, 5) is 34.2. The minimum atomic E-state index is -0.0363. The minimum Gasteiger partial charge on any atom is -0.356 e. The summed E-state index contributed by atoms with van der Waals surface area (Å²) in [6.07, 6.45) is 10.3. The Labute approximate surface area is 151 Å². The molecule has 2 N–H and O–H groups in total. The van der Waals surface area contributed by atoms with Crippen LogP contribution in [0.4, 0.5) is 0 Å². The molecular weight excluding hydrogens is 334 g/mol. The number of hydrogen-bond donors (Lipinski definition) is 2. The number of nitrogens with zero attached hydrogens (tertiary/aromatic N) is 1. The Hall–Kier alpha value is -1.69. The molecule has 6 heteroatoms. The Kier molecular flexibility index (Phi) is 4.88. The first-order chi connectivity index (χ1) is 12.2. The molecule has 2 aliphatic rings. The summed E-state index contributed by atoms with van der Waals surface area (Å²) in [5, 5.41) is 3.82. The van der Waals surface area contributed by atoms with Crippen LogP contribution in [-0.2, 0) is 24.1 Å². The van der Waals surface area contributed by atoms with Crippen molar-refractivity contribution < 1.29 is 4.79 Å². The molecule has 0 atom stereocenters. The van der Waals surface area contributed by atoms with Crippen LogP contribution in [0.15, 0.2) is 4.79 Å². The maximum Gasteiger partial charge on any atom is 0.259 e. The third-order valence-corrected chi connectivity index (χ3v) is 6.71. The number of aromatic nitrogens is 2. The van der Waals surface area contributed by atoms with Gasteiger partial charge in [0, 0.05) is 24.3 Å². The first-order valence-electron chi connectivity index (χ1n) is 9.51. The Bertz CT molecular complexity index is 833. The highest BCUT2D eigenvalue weighted by atomic mass is 32.1. The average molecular weight is 359 g/mol. The number of carbonyl (C=O) groups excluding carboxylic acids is 1. The third kappa shape index (κ3) is 3.64. The number of fused-ring (bicyclic) bond motifs is 3. The van der Waals surface area contributed by atoms with Crippen LogP contribution in [0.2, 0.25) is 0 Å². The van der Waals surface area contributed by atoms with Crippen molar-refractivity contribution in [3.8, 4) is 0 Å². The Balaban J connectivity index is 1.41. The van der Waals surface area contributed by atoms with Gasteiger partial charge in [0.1, 0.15) is 10.7 Å². The van der Waals surface area contributed by atoms with Gasteiger partial charge in [-0.1, -0.05) is 12.8 Å². The zero-order valence-electron chi connectivity index (χ0n) is 14.5. The number of H-pyrrole nitrogens is 1. The van der Waals surface area contributed by atoms with Gasteiger partial charge in [-0.05, 0) is 50.0 Å². The van der Waals surface area contributed by atoms with Crippen LogP contribution in [0.5, 0.6) is 0 Å². The maximum absolute atomic E-state index is 12.5. The van der Waals surface area contributed by atoms with Gasteiger partial charge in [0.05, 0.1) is 5.39 Å². The molecule has 1 fully saturated rings. The van der Waals surface area contributed by atoms with Crippen LogP contribution in [0.25, 0.3) is 10.2 Å². The lowest BCUT2D eigenvalue weighted by Gasteiger charge is -2.10. The van der Waals surface area contributed by atoms with Crippen LogP contribution in [0.3, 0.4) is 0 Å². The van der Waals surface area contributed by atoms with E-state index in [9.17, 15) is 9.59 Å². The van der Waals surface area contributed by atoms with Gasteiger partial charge >= 0.3 is 0 Å². The van der Waals surface area contributed by atoms with Crippen molar-refractivity contribution in [1.29, 1.82) is 0 Å². The SMILES string of the molecule is O=C(CCc1nc2sc3c(c2c(=O)[nH]1)CCCC3)NCC1CCCC1. The summed E-state index contributed by atoms with van der Waals surface area (Å²) in [7, 11) is 0. The van der Waals surface area contributed by atoms with E-state index >= 15 is 0 Å². The number of hydrogen-bond acceptors (Lipinski definition) is 4. The number of aromatic amines is 1. The lowest BCUT2D eigenvalue weighted by molar-refractivity contribution is -0.121. The molecule has 1 amide bonds. The molecule has 4 rings (SSSR count). The van der Waals surface area contributed by atoms with Gasteiger partial charge in [-0.15, -0.1) is 11.3 Å². The fraction of sp³-hybridized carbons (Fsp3) is 0.632. The Morgan fingerprint density at radius 1 is 1.20 bits per heavy atom. The number of aryl methyl sites for hydroxylation is 3. The highest BCUT2D eigenvalue weighted by molar-refractivity contribution is 7.18. The summed E-state index contributed by atoms with van der Waals surface area (Å²) >= 11 is 1.66. The molecule has 1 saturated carbocycles. The van der Waals surface area contributed by atoms with Crippen molar-refractivity contribution in [2.24, 2.45) is 5.92 Å². The van der Waals surface area contributed by atoms with E-state index in [1.807, 2.05) is 0 Å². The molecule has 2 aromatic rings. The van der Waals surface area contributed by atoms with Crippen molar-refractivity contribution in [3.63, 3.8) is 0 Å². The van der Waals surface area contributed by atoms with Crippen LogP contribution in [-0.4, -0.2) is 22.4 Å². The van der Waals surface area contributed by atoms with E-state index in [4.69, 9.17) is 0 Å². The summed E-state index contributed by atoms with van der Waals surface area (Å²) in [6, 6.07) is 0. The normalized spacial score (nSPS) is 17.8. The molecule has 134 valence electrons. The maximum atomic E-state index is 12.5. The molecule has 0 unspecified atom stereocenters. The van der Waals surface area contributed by atoms with Crippen molar-refractivity contribution in [2.75, 3.05) is 6.54 Å². The first-order valence-corrected chi connectivity index (χ1v) is 10.3. The monoisotopic (exact) mass is 359 g/mol. The van der Waals surface area contributed by atoms with Crippen LogP contribution < -0.4 is 10.9 Å². The van der Waals surface area contributed by atoms with Gasteiger partial charge < -0.3 is 10.3 Å². The lowest BCUT2D eigenvalue weighted by atomic mass is 9.97. The van der Waals surface area contributed by atoms with E-state index in [-0.39, 0.29) is 11.5 Å². The van der Waals surface area contributed by atoms with Gasteiger partial charge in [-0.3, -0.25) is 9.59 Å². The zero-order chi connectivity index (χ0) is 17.2. The van der Waals surface area contributed by atoms with Crippen LogP contribution >= 0.6 is 11.3 Å². The molecule has 0 saturated heterocycles. The van der Waals surface area contributed by atoms with E-state index in [0.29, 0.717) is 24.6 Å². The van der Waals surface area contributed by atoms with Gasteiger partial charge in [-0.25, -0.2) is 4.98 Å². The van der Waals surface area contributed by atoms with E-state index in [2.05, 4.69) is 15.3 Å². The molecule has 25 heavy (non-hydrogen) atoms. The Morgan fingerprint density at radius 3 is 2.84 bits per heavy atom. The second-order valence-corrected chi connectivity index (χ2v) is 8.44. The fourth-order valence-corrected chi connectivity index (χ4v) is 5.40. The van der Waals surface area contributed by atoms with Gasteiger partial charge in [0.2, 0.25) is 5.91 Å². The van der Waals surface area contributed by atoms with E-state index < -0.39 is 0 Å². The molecule has 0 aliphatic heterocycles. The van der Waals surface area contributed by atoms with Crippen molar-refractivity contribution >= 4 is 27.5 Å². The number of rotatable bonds is 5. The van der Waals surface area contributed by atoms with Gasteiger partial charge in [0.25, 0.3) is 5.56 Å². The molecule has 5 nitrogen and oxygen atoms in total. The summed E-state index contributed by atoms with van der Waals surface area (Å²) in [6.45, 7) is 0.791. The molecule has 0 spiro atoms. The highest BCUT2D eigenvalue weighted by Crippen LogP contribution is 2.33. The molecular formula is C19H25N3O2S. The third-order valence-electron chi connectivity index (χ3n) is 5.53. The Morgan fingerprint density at radius 2 is 2.00 bits per heavy atom. The summed E-state index contributed by atoms with van der Waals surface area (Å²) < 4.78 is 0. The summed E-state index contributed by atoms with van der Waals surface area (Å²) in [5.74, 6) is 1.34. The number of thiophene rings is 1. The molecule has 0 aromatic carbocycles. The molecule has 0 bridgehead atoms. The lowest BCUT2D eigenvalue weighted by Crippen LogP contribution is -2.28. The quantitative estimate of drug-likeness (QED) is 0.861. The van der Waals surface area contributed by atoms with E-state index in [1.54, 1.807) is 11.3 Å². The number of amides is 1. The number of nitrogens with one attached hydrogen (secondary N) is 2. The van der Waals surface area contributed by atoms with Gasteiger partial charge in [0.15, 0.2) is 0 Å². The fourth-order valence-electron chi connectivity index (χ4n) is 4.12. The second kappa shape index (κ2) is 7.28. The molecule has 2 heterocycles. The van der Waals surface area contributed by atoms with E-state index in [1.165, 1.54) is 42.5 Å². The second-order valence-electron chi connectivity index (χ2n) is 7.36. The topological polar surface area (TPSA) is 74.8 Å². The minimum absolute atomic E-state index is 0.0363. The van der Waals surface area contributed by atoms with Crippen molar-refractivity contribution in [2.45, 2.75) is 64.2 Å². The molecule has 2 aliphatic carbocycles.